The van der Waals surface area contributed by atoms with Crippen molar-refractivity contribution in [3.8, 4) is 0 Å². The van der Waals surface area contributed by atoms with Crippen molar-refractivity contribution in [3.05, 3.63) is 41.5 Å². The topological polar surface area (TPSA) is 77.9 Å². The first-order valence-corrected chi connectivity index (χ1v) is 9.95. The van der Waals surface area contributed by atoms with Crippen LogP contribution in [0.2, 0.25) is 0 Å². The maximum atomic E-state index is 12.8. The van der Waals surface area contributed by atoms with Crippen molar-refractivity contribution in [1.29, 1.82) is 0 Å². The summed E-state index contributed by atoms with van der Waals surface area (Å²) in [6.45, 7) is 7.02. The van der Waals surface area contributed by atoms with Gasteiger partial charge in [-0.3, -0.25) is 4.79 Å². The van der Waals surface area contributed by atoms with Crippen molar-refractivity contribution in [3.63, 3.8) is 0 Å². The van der Waals surface area contributed by atoms with Gasteiger partial charge in [-0.15, -0.1) is 0 Å². The molecule has 1 N–H and O–H groups in total. The number of carbonyl (C=O) groups excluding carboxylic acids is 1. The number of carbonyl (C=O) groups is 1. The second-order valence-electron chi connectivity index (χ2n) is 6.28. The molecule has 1 saturated heterocycles. The molecule has 7 heteroatoms. The van der Waals surface area contributed by atoms with E-state index in [1.54, 1.807) is 29.2 Å². The summed E-state index contributed by atoms with van der Waals surface area (Å²) in [6.07, 6.45) is 0.963. The fourth-order valence-electron chi connectivity index (χ4n) is 2.91. The van der Waals surface area contributed by atoms with Crippen LogP contribution in [0.15, 0.2) is 40.8 Å². The Labute approximate surface area is 149 Å². The average molecular weight is 366 g/mol. The van der Waals surface area contributed by atoms with Crippen LogP contribution in [-0.2, 0) is 14.8 Å². The van der Waals surface area contributed by atoms with Gasteiger partial charge in [-0.05, 0) is 44.9 Å². The van der Waals surface area contributed by atoms with E-state index in [1.807, 2.05) is 20.8 Å². The predicted molar refractivity (Wildman–Crippen MR) is 96.6 cm³/mol. The highest BCUT2D eigenvalue weighted by Gasteiger charge is 2.32. The fourth-order valence-corrected chi connectivity index (χ4v) is 4.39. The normalized spacial score (nSPS) is 20.6. The molecule has 138 valence electrons. The Bertz CT molecular complexity index is 737. The SMILES string of the molecule is CCN(CC)C(=O)/C=C1/CC(O)CN(S(=O)(=O)c2ccc(C)cc2)C1. The zero-order chi connectivity index (χ0) is 18.6. The highest BCUT2D eigenvalue weighted by molar-refractivity contribution is 7.89. The van der Waals surface area contributed by atoms with Crippen molar-refractivity contribution in [2.24, 2.45) is 0 Å². The summed E-state index contributed by atoms with van der Waals surface area (Å²) in [5.41, 5.74) is 1.61. The third-order valence-corrected chi connectivity index (χ3v) is 6.18. The van der Waals surface area contributed by atoms with Crippen LogP contribution in [0.3, 0.4) is 0 Å². The van der Waals surface area contributed by atoms with Crippen LogP contribution in [-0.4, -0.2) is 60.9 Å². The van der Waals surface area contributed by atoms with Crippen molar-refractivity contribution in [1.82, 2.24) is 9.21 Å². The van der Waals surface area contributed by atoms with Crippen molar-refractivity contribution < 1.29 is 18.3 Å². The lowest BCUT2D eigenvalue weighted by Gasteiger charge is -2.31. The van der Waals surface area contributed by atoms with E-state index in [0.29, 0.717) is 25.1 Å². The number of amides is 1. The molecule has 0 saturated carbocycles. The zero-order valence-corrected chi connectivity index (χ0v) is 15.8. The first kappa shape index (κ1) is 19.6. The first-order chi connectivity index (χ1) is 11.8. The van der Waals surface area contributed by atoms with Crippen molar-refractivity contribution in [2.75, 3.05) is 26.2 Å². The number of hydrogen-bond donors (Lipinski definition) is 1. The Morgan fingerprint density at radius 2 is 1.88 bits per heavy atom. The molecule has 1 aliphatic heterocycles. The predicted octanol–water partition coefficient (Wildman–Crippen LogP) is 1.55. The summed E-state index contributed by atoms with van der Waals surface area (Å²) < 4.78 is 26.9. The van der Waals surface area contributed by atoms with Crippen molar-refractivity contribution >= 4 is 15.9 Å². The van der Waals surface area contributed by atoms with Crippen molar-refractivity contribution in [2.45, 2.75) is 38.2 Å². The lowest BCUT2D eigenvalue weighted by Crippen LogP contribution is -2.43. The number of hydrogen-bond acceptors (Lipinski definition) is 4. The minimum atomic E-state index is -3.70. The number of likely N-dealkylation sites (N-methyl/N-ethyl adjacent to an activating group) is 1. The number of rotatable bonds is 5. The number of nitrogens with zero attached hydrogens (tertiary/aromatic N) is 2. The molecule has 0 bridgehead atoms. The van der Waals surface area contributed by atoms with Crippen LogP contribution in [0.1, 0.15) is 25.8 Å². The number of aliphatic hydroxyl groups is 1. The number of aryl methyl sites for hydroxylation is 1. The molecule has 25 heavy (non-hydrogen) atoms. The van der Waals surface area contributed by atoms with Gasteiger partial charge >= 0.3 is 0 Å². The van der Waals surface area contributed by atoms with E-state index in [9.17, 15) is 18.3 Å². The Balaban J connectivity index is 2.25. The summed E-state index contributed by atoms with van der Waals surface area (Å²) in [7, 11) is -3.70. The van der Waals surface area contributed by atoms with E-state index >= 15 is 0 Å². The van der Waals surface area contributed by atoms with Gasteiger partial charge in [0.25, 0.3) is 0 Å². The highest BCUT2D eigenvalue weighted by Crippen LogP contribution is 2.24. The third kappa shape index (κ3) is 4.68. The molecular formula is C18H26N2O4S. The summed E-state index contributed by atoms with van der Waals surface area (Å²) in [5.74, 6) is -0.151. The summed E-state index contributed by atoms with van der Waals surface area (Å²) in [6, 6.07) is 6.62. The molecular weight excluding hydrogens is 340 g/mol. The molecule has 2 rings (SSSR count). The number of aliphatic hydroxyl groups excluding tert-OH is 1. The Hall–Kier alpha value is -1.70. The van der Waals surface area contributed by atoms with Crippen LogP contribution in [0.5, 0.6) is 0 Å². The van der Waals surface area contributed by atoms with Crippen LogP contribution in [0, 0.1) is 6.92 Å². The number of sulfonamides is 1. The van der Waals surface area contributed by atoms with Crippen LogP contribution < -0.4 is 0 Å². The maximum Gasteiger partial charge on any atom is 0.246 e. The van der Waals surface area contributed by atoms with Gasteiger partial charge in [-0.1, -0.05) is 17.7 Å². The molecule has 1 amide bonds. The molecule has 0 aliphatic carbocycles. The second kappa shape index (κ2) is 8.12. The molecule has 1 unspecified atom stereocenters. The average Bonchev–Trinajstić information content (AvgIpc) is 2.55. The van der Waals surface area contributed by atoms with Gasteiger partial charge in [-0.2, -0.15) is 4.31 Å². The molecule has 1 aromatic rings. The quantitative estimate of drug-likeness (QED) is 0.802. The standard InChI is InChI=1S/C18H26N2O4S/c1-4-19(5-2)18(22)11-15-10-16(21)13-20(12-15)25(23,24)17-8-6-14(3)7-9-17/h6-9,11,16,21H,4-5,10,12-13H2,1-3H3/b15-11-. The molecule has 1 atom stereocenters. The minimum absolute atomic E-state index is 0.0347. The zero-order valence-electron chi connectivity index (χ0n) is 15.0. The van der Waals surface area contributed by atoms with Crippen LogP contribution >= 0.6 is 0 Å². The first-order valence-electron chi connectivity index (χ1n) is 8.51. The Morgan fingerprint density at radius 3 is 2.44 bits per heavy atom. The van der Waals surface area contributed by atoms with Gasteiger partial charge in [0.15, 0.2) is 0 Å². The molecule has 1 fully saturated rings. The van der Waals surface area contributed by atoms with E-state index in [2.05, 4.69) is 0 Å². The lowest BCUT2D eigenvalue weighted by atomic mass is 10.0. The van der Waals surface area contributed by atoms with Crippen LogP contribution in [0.25, 0.3) is 0 Å². The van der Waals surface area contributed by atoms with E-state index in [0.717, 1.165) is 5.56 Å². The van der Waals surface area contributed by atoms with Gasteiger partial charge in [0, 0.05) is 32.3 Å². The van der Waals surface area contributed by atoms with Gasteiger partial charge in [0.05, 0.1) is 11.0 Å². The van der Waals surface area contributed by atoms with Gasteiger partial charge in [0.1, 0.15) is 0 Å². The molecule has 1 heterocycles. The van der Waals surface area contributed by atoms with Gasteiger partial charge in [0.2, 0.25) is 15.9 Å². The third-order valence-electron chi connectivity index (χ3n) is 4.35. The smallest absolute Gasteiger partial charge is 0.246 e. The Kier molecular flexibility index (Phi) is 6.37. The molecule has 0 radical (unpaired) electrons. The molecule has 1 aromatic carbocycles. The molecule has 6 nitrogen and oxygen atoms in total. The second-order valence-corrected chi connectivity index (χ2v) is 8.22. The Morgan fingerprint density at radius 1 is 1.28 bits per heavy atom. The summed E-state index contributed by atoms with van der Waals surface area (Å²) in [4.78, 5) is 14.1. The van der Waals surface area contributed by atoms with E-state index in [1.165, 1.54) is 10.4 Å². The number of β-amino-alcohol motifs (C(OH)–C–C–N with tert-alkyl or cyclic N) is 1. The number of piperidine rings is 1. The van der Waals surface area contributed by atoms with Gasteiger partial charge < -0.3 is 10.0 Å². The van der Waals surface area contributed by atoms with Crippen LogP contribution in [0.4, 0.5) is 0 Å². The monoisotopic (exact) mass is 366 g/mol. The summed E-state index contributed by atoms with van der Waals surface area (Å²) >= 11 is 0. The van der Waals surface area contributed by atoms with E-state index in [-0.39, 0.29) is 23.9 Å². The largest absolute Gasteiger partial charge is 0.391 e. The summed E-state index contributed by atoms with van der Waals surface area (Å²) in [5, 5.41) is 10.1. The maximum absolute atomic E-state index is 12.8. The lowest BCUT2D eigenvalue weighted by molar-refractivity contribution is -0.125. The number of benzene rings is 1. The van der Waals surface area contributed by atoms with Gasteiger partial charge in [-0.25, -0.2) is 8.42 Å². The minimum Gasteiger partial charge on any atom is -0.391 e. The fraction of sp³-hybridized carbons (Fsp3) is 0.500. The molecule has 0 aromatic heterocycles. The van der Waals surface area contributed by atoms with E-state index in [4.69, 9.17) is 0 Å². The highest BCUT2D eigenvalue weighted by atomic mass is 32.2. The molecule has 1 aliphatic rings. The molecule has 0 spiro atoms. The van der Waals surface area contributed by atoms with E-state index < -0.39 is 16.1 Å².